The lowest BCUT2D eigenvalue weighted by molar-refractivity contribution is -0.149. The number of carbonyl (C=O) groups excluding carboxylic acids is 7. The molecule has 4 rings (SSSR count). The van der Waals surface area contributed by atoms with Crippen LogP contribution in [-0.4, -0.2) is 96.7 Å². The molecule has 0 unspecified atom stereocenters. The first kappa shape index (κ1) is 40.5. The minimum Gasteiger partial charge on any atom is -0.469 e. The third-order valence-electron chi connectivity index (χ3n) is 9.88. The number of benzene rings is 2. The van der Waals surface area contributed by atoms with Gasteiger partial charge in [-0.2, -0.15) is 0 Å². The molecule has 0 radical (unpaired) electrons. The number of methoxy groups -OCH3 is 2. The summed E-state index contributed by atoms with van der Waals surface area (Å²) in [5.41, 5.74) is 2.07. The van der Waals surface area contributed by atoms with E-state index in [2.05, 4.69) is 20.7 Å². The van der Waals surface area contributed by atoms with E-state index >= 15 is 0 Å². The van der Waals surface area contributed by atoms with Crippen LogP contribution in [0.1, 0.15) is 75.7 Å². The average Bonchev–Trinajstić information content (AvgIpc) is 3.84. The van der Waals surface area contributed by atoms with E-state index in [1.54, 1.807) is 67.3 Å². The molecule has 4 atom stereocenters. The number of nitrogens with zero attached hydrogens (tertiary/aromatic N) is 2. The number of anilines is 2. The van der Waals surface area contributed by atoms with Crippen LogP contribution in [0.2, 0.25) is 0 Å². The van der Waals surface area contributed by atoms with Gasteiger partial charge in [0.2, 0.25) is 17.7 Å². The summed E-state index contributed by atoms with van der Waals surface area (Å²) in [4.78, 5) is 93.1. The SMILES string of the molecule is COC(=O)C[C@H](C(=O)N1CCC[C@H]1C(=O)Cc1ccc(NC(=O)c2ccc(NC(=O)[C@@H]3CCCN3C(=O)[C@@H](NC(=O)OC)C(C)C)cc2)cc1)C(C)C. The number of ether oxygens (including phenoxy) is 2. The van der Waals surface area contributed by atoms with Crippen molar-refractivity contribution >= 4 is 52.8 Å². The summed E-state index contributed by atoms with van der Waals surface area (Å²) in [6, 6.07) is 11.2. The molecule has 5 amide bonds. The Morgan fingerprint density at radius 1 is 0.717 bits per heavy atom. The molecular weight excluding hydrogens is 682 g/mol. The van der Waals surface area contributed by atoms with Gasteiger partial charge in [-0.1, -0.05) is 39.8 Å². The third kappa shape index (κ3) is 10.4. The van der Waals surface area contributed by atoms with Gasteiger partial charge in [0.1, 0.15) is 12.1 Å². The third-order valence-corrected chi connectivity index (χ3v) is 9.88. The summed E-state index contributed by atoms with van der Waals surface area (Å²) >= 11 is 0. The Labute approximate surface area is 310 Å². The summed E-state index contributed by atoms with van der Waals surface area (Å²) in [6.45, 7) is 8.21. The summed E-state index contributed by atoms with van der Waals surface area (Å²) in [7, 11) is 2.51. The zero-order valence-electron chi connectivity index (χ0n) is 31.3. The Kier molecular flexibility index (Phi) is 14.1. The zero-order chi connectivity index (χ0) is 38.8. The predicted molar refractivity (Wildman–Crippen MR) is 197 cm³/mol. The summed E-state index contributed by atoms with van der Waals surface area (Å²) in [6.07, 6.45) is 1.76. The number of nitrogens with one attached hydrogen (secondary N) is 3. The number of ketones is 1. The number of Topliss-reactive ketones (excluding diaryl/α,β-unsaturated/α-hetero) is 1. The van der Waals surface area contributed by atoms with Gasteiger partial charge in [0, 0.05) is 36.4 Å². The Bertz CT molecular complexity index is 1660. The van der Waals surface area contributed by atoms with Crippen LogP contribution in [0.5, 0.6) is 0 Å². The highest BCUT2D eigenvalue weighted by atomic mass is 16.5. The molecule has 2 saturated heterocycles. The molecule has 3 N–H and O–H groups in total. The monoisotopic (exact) mass is 733 g/mol. The summed E-state index contributed by atoms with van der Waals surface area (Å²) in [5, 5.41) is 8.23. The smallest absolute Gasteiger partial charge is 0.407 e. The van der Waals surface area contributed by atoms with Crippen molar-refractivity contribution in [3.8, 4) is 0 Å². The second-order valence-corrected chi connectivity index (χ2v) is 14.2. The Balaban J connectivity index is 1.31. The minimum absolute atomic E-state index is 0.0279. The second kappa shape index (κ2) is 18.5. The zero-order valence-corrected chi connectivity index (χ0v) is 31.3. The highest BCUT2D eigenvalue weighted by molar-refractivity contribution is 6.05. The van der Waals surface area contributed by atoms with Crippen LogP contribution in [0, 0.1) is 17.8 Å². The molecule has 2 aromatic carbocycles. The van der Waals surface area contributed by atoms with Crippen LogP contribution in [0.15, 0.2) is 48.5 Å². The van der Waals surface area contributed by atoms with Gasteiger partial charge < -0.3 is 35.2 Å². The minimum atomic E-state index is -0.837. The number of hydrogen-bond acceptors (Lipinski definition) is 9. The van der Waals surface area contributed by atoms with Crippen LogP contribution >= 0.6 is 0 Å². The van der Waals surface area contributed by atoms with Crippen molar-refractivity contribution in [1.29, 1.82) is 0 Å². The molecule has 0 spiro atoms. The molecule has 2 aliphatic rings. The van der Waals surface area contributed by atoms with E-state index in [9.17, 15) is 33.6 Å². The number of alkyl carbamates (subject to hydrolysis) is 1. The molecule has 2 aliphatic heterocycles. The fourth-order valence-corrected chi connectivity index (χ4v) is 6.79. The fraction of sp³-hybridized carbons (Fsp3) is 0.513. The molecule has 0 saturated carbocycles. The molecule has 14 nitrogen and oxygen atoms in total. The molecule has 2 aromatic rings. The number of hydrogen-bond donors (Lipinski definition) is 3. The van der Waals surface area contributed by atoms with Crippen LogP contribution in [0.4, 0.5) is 16.2 Å². The van der Waals surface area contributed by atoms with Crippen molar-refractivity contribution in [3.05, 3.63) is 59.7 Å². The molecule has 0 aliphatic carbocycles. The lowest BCUT2D eigenvalue weighted by Gasteiger charge is -2.30. The van der Waals surface area contributed by atoms with Crippen molar-refractivity contribution < 1.29 is 43.0 Å². The fourth-order valence-electron chi connectivity index (χ4n) is 6.79. The van der Waals surface area contributed by atoms with Gasteiger partial charge in [0.15, 0.2) is 5.78 Å². The van der Waals surface area contributed by atoms with Gasteiger partial charge in [-0.25, -0.2) is 4.79 Å². The highest BCUT2D eigenvalue weighted by Gasteiger charge is 2.40. The van der Waals surface area contributed by atoms with E-state index in [1.807, 2.05) is 13.8 Å². The highest BCUT2D eigenvalue weighted by Crippen LogP contribution is 2.27. The van der Waals surface area contributed by atoms with Gasteiger partial charge in [-0.05, 0) is 79.5 Å². The largest absolute Gasteiger partial charge is 0.469 e. The first-order valence-corrected chi connectivity index (χ1v) is 18.1. The Hall–Kier alpha value is -5.27. The number of amides is 5. The van der Waals surface area contributed by atoms with Crippen molar-refractivity contribution in [2.45, 2.75) is 84.3 Å². The van der Waals surface area contributed by atoms with Crippen LogP contribution in [0.3, 0.4) is 0 Å². The lowest BCUT2D eigenvalue weighted by atomic mass is 9.90. The van der Waals surface area contributed by atoms with E-state index in [0.717, 1.165) is 5.56 Å². The van der Waals surface area contributed by atoms with E-state index in [-0.39, 0.29) is 54.1 Å². The first-order chi connectivity index (χ1) is 25.2. The standard InChI is InChI=1S/C39H51N5O9/c1-23(2)29(22-33(46)52-5)37(49)43-19-7-9-30(43)32(45)21-25-11-15-27(16-12-25)40-35(47)26-13-17-28(18-14-26)41-36(48)31-10-8-20-44(31)38(50)34(24(3)4)42-39(51)53-6/h11-18,23-24,29-31,34H,7-10,19-22H2,1-6H3,(H,40,47)(H,41,48)(H,42,51)/t29-,30-,31-,34-/m0/s1. The first-order valence-electron chi connectivity index (χ1n) is 18.1. The molecular formula is C39H51N5O9. The molecule has 286 valence electrons. The molecule has 14 heteroatoms. The van der Waals surface area contributed by atoms with Crippen molar-refractivity contribution in [2.75, 3.05) is 37.9 Å². The van der Waals surface area contributed by atoms with Gasteiger partial charge in [0.25, 0.3) is 5.91 Å². The number of carbonyl (C=O) groups is 7. The lowest BCUT2D eigenvalue weighted by Crippen LogP contribution is -2.54. The quantitative estimate of drug-likeness (QED) is 0.240. The molecule has 2 heterocycles. The van der Waals surface area contributed by atoms with Crippen LogP contribution < -0.4 is 16.0 Å². The average molecular weight is 734 g/mol. The van der Waals surface area contributed by atoms with Crippen LogP contribution in [-0.2, 0) is 39.9 Å². The number of rotatable bonds is 14. The van der Waals surface area contributed by atoms with Gasteiger partial charge in [-0.3, -0.25) is 28.8 Å². The normalized spacial score (nSPS) is 18.0. The van der Waals surface area contributed by atoms with Gasteiger partial charge >= 0.3 is 12.1 Å². The van der Waals surface area contributed by atoms with Gasteiger partial charge in [-0.15, -0.1) is 0 Å². The maximum atomic E-state index is 13.4. The van der Waals surface area contributed by atoms with Gasteiger partial charge in [0.05, 0.1) is 32.6 Å². The number of esters is 1. The maximum absolute atomic E-state index is 13.4. The van der Waals surface area contributed by atoms with E-state index in [0.29, 0.717) is 55.7 Å². The molecule has 0 aromatic heterocycles. The van der Waals surface area contributed by atoms with E-state index in [4.69, 9.17) is 4.74 Å². The van der Waals surface area contributed by atoms with Crippen molar-refractivity contribution in [1.82, 2.24) is 15.1 Å². The molecule has 2 fully saturated rings. The van der Waals surface area contributed by atoms with E-state index in [1.165, 1.54) is 19.1 Å². The van der Waals surface area contributed by atoms with Crippen LogP contribution in [0.25, 0.3) is 0 Å². The Morgan fingerprint density at radius 3 is 1.85 bits per heavy atom. The van der Waals surface area contributed by atoms with E-state index < -0.39 is 36.1 Å². The Morgan fingerprint density at radius 2 is 1.28 bits per heavy atom. The second-order valence-electron chi connectivity index (χ2n) is 14.2. The maximum Gasteiger partial charge on any atom is 0.407 e. The molecule has 0 bridgehead atoms. The number of likely N-dealkylation sites (tertiary alicyclic amines) is 2. The van der Waals surface area contributed by atoms with Crippen molar-refractivity contribution in [3.63, 3.8) is 0 Å². The predicted octanol–water partition coefficient (Wildman–Crippen LogP) is 4.19. The topological polar surface area (TPSA) is 181 Å². The van der Waals surface area contributed by atoms with Crippen molar-refractivity contribution in [2.24, 2.45) is 17.8 Å². The summed E-state index contributed by atoms with van der Waals surface area (Å²) in [5.74, 6) is -2.69. The summed E-state index contributed by atoms with van der Waals surface area (Å²) < 4.78 is 9.44. The molecule has 53 heavy (non-hydrogen) atoms.